The predicted octanol–water partition coefficient (Wildman–Crippen LogP) is 1.99. The first-order valence-corrected chi connectivity index (χ1v) is 6.49. The summed E-state index contributed by atoms with van der Waals surface area (Å²) < 4.78 is 0. The number of anilines is 1. The molecule has 0 aliphatic carbocycles. The van der Waals surface area contributed by atoms with Crippen LogP contribution >= 0.6 is 11.3 Å². The van der Waals surface area contributed by atoms with Gasteiger partial charge in [0.1, 0.15) is 5.69 Å². The molecule has 0 bridgehead atoms. The zero-order chi connectivity index (χ0) is 11.7. The Morgan fingerprint density at radius 1 is 1.69 bits per heavy atom. The van der Waals surface area contributed by atoms with E-state index in [-0.39, 0.29) is 5.91 Å². The van der Waals surface area contributed by atoms with Crippen molar-refractivity contribution >= 4 is 22.4 Å². The summed E-state index contributed by atoms with van der Waals surface area (Å²) >= 11 is 1.32. The molecule has 2 rings (SSSR count). The molecule has 1 aromatic rings. The molecule has 0 saturated carbocycles. The number of thiazole rings is 1. The van der Waals surface area contributed by atoms with E-state index < -0.39 is 0 Å². The van der Waals surface area contributed by atoms with Gasteiger partial charge in [-0.3, -0.25) is 4.79 Å². The van der Waals surface area contributed by atoms with Crippen LogP contribution in [-0.4, -0.2) is 28.4 Å². The summed E-state index contributed by atoms with van der Waals surface area (Å²) in [5.41, 5.74) is 6.04. The highest BCUT2D eigenvalue weighted by atomic mass is 32.1. The van der Waals surface area contributed by atoms with Gasteiger partial charge >= 0.3 is 0 Å². The molecule has 1 aliphatic rings. The molecule has 1 aromatic heterocycles. The van der Waals surface area contributed by atoms with Crippen molar-refractivity contribution in [2.75, 3.05) is 12.3 Å². The topological polar surface area (TPSA) is 59.2 Å². The molecule has 88 valence electrons. The third kappa shape index (κ3) is 2.04. The van der Waals surface area contributed by atoms with Crippen molar-refractivity contribution in [2.45, 2.75) is 32.7 Å². The molecule has 0 spiro atoms. The number of nitrogens with zero attached hydrogens (tertiary/aromatic N) is 2. The molecule has 1 aliphatic heterocycles. The van der Waals surface area contributed by atoms with E-state index in [2.05, 4.69) is 18.8 Å². The minimum Gasteiger partial charge on any atom is -0.375 e. The molecule has 1 amide bonds. The number of hydrogen-bond acceptors (Lipinski definition) is 4. The summed E-state index contributed by atoms with van der Waals surface area (Å²) in [6.45, 7) is 5.16. The molecule has 2 N–H and O–H groups in total. The van der Waals surface area contributed by atoms with Gasteiger partial charge in [-0.25, -0.2) is 4.98 Å². The van der Waals surface area contributed by atoms with Crippen LogP contribution in [0.15, 0.2) is 5.38 Å². The van der Waals surface area contributed by atoms with Crippen LogP contribution in [0.4, 0.5) is 5.13 Å². The first-order chi connectivity index (χ1) is 7.59. The average Bonchev–Trinajstić information content (AvgIpc) is 2.84. The highest BCUT2D eigenvalue weighted by molar-refractivity contribution is 7.13. The molecule has 1 fully saturated rings. The van der Waals surface area contributed by atoms with Crippen LogP contribution in [0.5, 0.6) is 0 Å². The Labute approximate surface area is 99.5 Å². The van der Waals surface area contributed by atoms with Crippen LogP contribution < -0.4 is 5.73 Å². The average molecular weight is 239 g/mol. The van der Waals surface area contributed by atoms with Gasteiger partial charge in [0.05, 0.1) is 0 Å². The summed E-state index contributed by atoms with van der Waals surface area (Å²) in [7, 11) is 0. The maximum Gasteiger partial charge on any atom is 0.273 e. The summed E-state index contributed by atoms with van der Waals surface area (Å²) in [5.74, 6) is 0.534. The molecule has 1 saturated heterocycles. The Morgan fingerprint density at radius 3 is 3.00 bits per heavy atom. The van der Waals surface area contributed by atoms with E-state index in [9.17, 15) is 4.79 Å². The fourth-order valence-corrected chi connectivity index (χ4v) is 2.81. The van der Waals surface area contributed by atoms with Crippen molar-refractivity contribution in [3.8, 4) is 0 Å². The largest absolute Gasteiger partial charge is 0.375 e. The second-order valence-corrected chi connectivity index (χ2v) is 5.41. The van der Waals surface area contributed by atoms with Gasteiger partial charge in [0, 0.05) is 18.0 Å². The molecule has 4 nitrogen and oxygen atoms in total. The Morgan fingerprint density at radius 2 is 2.44 bits per heavy atom. The van der Waals surface area contributed by atoms with Gasteiger partial charge in [-0.2, -0.15) is 0 Å². The Kier molecular flexibility index (Phi) is 3.14. The van der Waals surface area contributed by atoms with Crippen molar-refractivity contribution in [1.82, 2.24) is 9.88 Å². The highest BCUT2D eigenvalue weighted by Crippen LogP contribution is 2.26. The van der Waals surface area contributed by atoms with Crippen LogP contribution in [-0.2, 0) is 0 Å². The standard InChI is InChI=1S/C11H17N3OS/c1-7(2)9-4-3-5-14(9)10(15)8-6-16-11(12)13-8/h6-7,9H,3-5H2,1-2H3,(H2,12,13). The number of aromatic nitrogens is 1. The summed E-state index contributed by atoms with van der Waals surface area (Å²) in [6.07, 6.45) is 2.19. The Bertz CT molecular complexity index is 388. The van der Waals surface area contributed by atoms with Gasteiger partial charge < -0.3 is 10.6 Å². The molecule has 1 unspecified atom stereocenters. The minimum absolute atomic E-state index is 0.0316. The Balaban J connectivity index is 2.15. The lowest BCUT2D eigenvalue weighted by atomic mass is 10.0. The van der Waals surface area contributed by atoms with Gasteiger partial charge in [-0.1, -0.05) is 13.8 Å². The van der Waals surface area contributed by atoms with Crippen LogP contribution in [0.1, 0.15) is 37.2 Å². The first-order valence-electron chi connectivity index (χ1n) is 5.61. The lowest BCUT2D eigenvalue weighted by Crippen LogP contribution is -2.38. The van der Waals surface area contributed by atoms with E-state index in [1.807, 2.05) is 4.90 Å². The van der Waals surface area contributed by atoms with E-state index in [0.717, 1.165) is 19.4 Å². The van der Waals surface area contributed by atoms with Gasteiger partial charge in [0.2, 0.25) is 0 Å². The minimum atomic E-state index is 0.0316. The first kappa shape index (κ1) is 11.4. The fourth-order valence-electron chi connectivity index (χ4n) is 2.27. The molecule has 0 radical (unpaired) electrons. The van der Waals surface area contributed by atoms with Gasteiger partial charge in [0.15, 0.2) is 5.13 Å². The lowest BCUT2D eigenvalue weighted by molar-refractivity contribution is 0.0696. The third-order valence-corrected chi connectivity index (χ3v) is 3.74. The zero-order valence-electron chi connectivity index (χ0n) is 9.64. The smallest absolute Gasteiger partial charge is 0.273 e. The van der Waals surface area contributed by atoms with Crippen molar-refractivity contribution < 1.29 is 4.79 Å². The summed E-state index contributed by atoms with van der Waals surface area (Å²) in [4.78, 5) is 18.2. The maximum atomic E-state index is 12.2. The fraction of sp³-hybridized carbons (Fsp3) is 0.636. The quantitative estimate of drug-likeness (QED) is 0.858. The van der Waals surface area contributed by atoms with Gasteiger partial charge in [-0.05, 0) is 18.8 Å². The molecule has 16 heavy (non-hydrogen) atoms. The Hall–Kier alpha value is -1.10. The summed E-state index contributed by atoms with van der Waals surface area (Å²) in [6, 6.07) is 0.357. The molecule has 2 heterocycles. The number of nitrogens with two attached hydrogens (primary N) is 1. The van der Waals surface area contributed by atoms with E-state index in [1.165, 1.54) is 11.3 Å². The number of nitrogen functional groups attached to an aromatic ring is 1. The van der Waals surface area contributed by atoms with Crippen LogP contribution in [0.3, 0.4) is 0 Å². The van der Waals surface area contributed by atoms with E-state index in [1.54, 1.807) is 5.38 Å². The van der Waals surface area contributed by atoms with Crippen molar-refractivity contribution in [3.63, 3.8) is 0 Å². The van der Waals surface area contributed by atoms with Crippen molar-refractivity contribution in [3.05, 3.63) is 11.1 Å². The predicted molar refractivity (Wildman–Crippen MR) is 65.4 cm³/mol. The molecule has 5 heteroatoms. The monoisotopic (exact) mass is 239 g/mol. The lowest BCUT2D eigenvalue weighted by Gasteiger charge is -2.26. The van der Waals surface area contributed by atoms with Gasteiger partial charge in [0.25, 0.3) is 5.91 Å². The van der Waals surface area contributed by atoms with Crippen LogP contribution in [0.25, 0.3) is 0 Å². The number of carbonyl (C=O) groups excluding carboxylic acids is 1. The van der Waals surface area contributed by atoms with Crippen LogP contribution in [0.2, 0.25) is 0 Å². The number of amides is 1. The van der Waals surface area contributed by atoms with E-state index >= 15 is 0 Å². The molecule has 1 atom stereocenters. The molecule has 0 aromatic carbocycles. The van der Waals surface area contributed by atoms with E-state index in [4.69, 9.17) is 5.73 Å². The van der Waals surface area contributed by atoms with Crippen molar-refractivity contribution in [2.24, 2.45) is 5.92 Å². The van der Waals surface area contributed by atoms with E-state index in [0.29, 0.717) is 22.8 Å². The number of carbonyl (C=O) groups is 1. The number of hydrogen-bond donors (Lipinski definition) is 1. The third-order valence-electron chi connectivity index (χ3n) is 3.07. The summed E-state index contributed by atoms with van der Waals surface area (Å²) in [5, 5.41) is 2.21. The second-order valence-electron chi connectivity index (χ2n) is 4.52. The SMILES string of the molecule is CC(C)C1CCCN1C(=O)c1csc(N)n1. The van der Waals surface area contributed by atoms with Gasteiger partial charge in [-0.15, -0.1) is 11.3 Å². The highest BCUT2D eigenvalue weighted by Gasteiger charge is 2.32. The normalized spacial score (nSPS) is 20.7. The maximum absolute atomic E-state index is 12.2. The second kappa shape index (κ2) is 4.41. The number of rotatable bonds is 2. The number of likely N-dealkylation sites (tertiary alicyclic amines) is 1. The zero-order valence-corrected chi connectivity index (χ0v) is 10.5. The molecular weight excluding hydrogens is 222 g/mol. The van der Waals surface area contributed by atoms with Crippen molar-refractivity contribution in [1.29, 1.82) is 0 Å². The molecular formula is C11H17N3OS. The van der Waals surface area contributed by atoms with Crippen LogP contribution in [0, 0.1) is 5.92 Å².